The number of para-hydroxylation sites is 1. The van der Waals surface area contributed by atoms with E-state index in [9.17, 15) is 9.59 Å². The second-order valence-electron chi connectivity index (χ2n) is 8.26. The second-order valence-corrected chi connectivity index (χ2v) is 9.27. The maximum Gasteiger partial charge on any atom is 0.337 e. The summed E-state index contributed by atoms with van der Waals surface area (Å²) in [5.74, 6) is -0.775. The van der Waals surface area contributed by atoms with E-state index >= 15 is 0 Å². The van der Waals surface area contributed by atoms with E-state index in [1.165, 1.54) is 18.4 Å². The van der Waals surface area contributed by atoms with E-state index in [0.717, 1.165) is 26.7 Å². The maximum absolute atomic E-state index is 13.7. The lowest BCUT2D eigenvalue weighted by Gasteiger charge is -2.08. The number of carbonyl (C=O) groups excluding carboxylic acids is 2. The highest BCUT2D eigenvalue weighted by molar-refractivity contribution is 7.16. The van der Waals surface area contributed by atoms with Crippen LogP contribution < -0.4 is 4.80 Å². The number of esters is 1. The summed E-state index contributed by atoms with van der Waals surface area (Å²) in [6.45, 7) is 3.52. The third-order valence-corrected chi connectivity index (χ3v) is 7.02. The van der Waals surface area contributed by atoms with E-state index in [1.54, 1.807) is 18.2 Å². The molecule has 5 aromatic rings. The molecule has 5 rings (SSSR count). The van der Waals surface area contributed by atoms with Crippen LogP contribution in [0.15, 0.2) is 83.9 Å². The summed E-state index contributed by atoms with van der Waals surface area (Å²) in [5.41, 5.74) is 4.15. The largest absolute Gasteiger partial charge is 0.465 e. The molecule has 0 aliphatic heterocycles. The molecule has 2 heterocycles. The summed E-state index contributed by atoms with van der Waals surface area (Å²) in [4.78, 5) is 35.6. The Labute approximate surface area is 217 Å². The van der Waals surface area contributed by atoms with Crippen LogP contribution in [0.5, 0.6) is 0 Å². The lowest BCUT2D eigenvalue weighted by atomic mass is 10.0. The van der Waals surface area contributed by atoms with Crippen molar-refractivity contribution in [3.05, 3.63) is 94.8 Å². The Bertz CT molecular complexity index is 1670. The van der Waals surface area contributed by atoms with Gasteiger partial charge in [-0.15, -0.1) is 0 Å². The van der Waals surface area contributed by atoms with Gasteiger partial charge in [-0.05, 0) is 37.3 Å². The van der Waals surface area contributed by atoms with Crippen molar-refractivity contribution >= 4 is 44.3 Å². The molecule has 3 aromatic carbocycles. The Morgan fingerprint density at radius 2 is 1.78 bits per heavy atom. The predicted octanol–water partition coefficient (Wildman–Crippen LogP) is 5.48. The molecule has 186 valence electrons. The SMILES string of the molecule is CCOCCn1c(=NC(=O)c2cc(-c3ccccc3)nc3ccccc23)sc2cc(C(=O)OC)ccc21. The molecule has 0 bridgehead atoms. The Morgan fingerprint density at radius 3 is 2.57 bits per heavy atom. The van der Waals surface area contributed by atoms with Gasteiger partial charge in [-0.25, -0.2) is 9.78 Å². The van der Waals surface area contributed by atoms with Crippen molar-refractivity contribution in [3.63, 3.8) is 0 Å². The van der Waals surface area contributed by atoms with Crippen molar-refractivity contribution in [1.82, 2.24) is 9.55 Å². The Morgan fingerprint density at radius 1 is 1.00 bits per heavy atom. The van der Waals surface area contributed by atoms with Gasteiger partial charge in [-0.3, -0.25) is 4.79 Å². The number of nitrogens with zero attached hydrogens (tertiary/aromatic N) is 3. The molecule has 2 aromatic heterocycles. The van der Waals surface area contributed by atoms with E-state index in [1.807, 2.05) is 72.2 Å². The Kier molecular flexibility index (Phi) is 7.20. The van der Waals surface area contributed by atoms with Gasteiger partial charge in [0.1, 0.15) is 0 Å². The molecule has 0 radical (unpaired) electrons. The number of pyridine rings is 1. The molecule has 0 N–H and O–H groups in total. The molecule has 1 amide bonds. The predicted molar refractivity (Wildman–Crippen MR) is 145 cm³/mol. The summed E-state index contributed by atoms with van der Waals surface area (Å²) in [5, 5.41) is 0.742. The van der Waals surface area contributed by atoms with E-state index in [2.05, 4.69) is 4.99 Å². The summed E-state index contributed by atoms with van der Waals surface area (Å²) in [6.07, 6.45) is 0. The molecule has 0 atom stereocenters. The number of carbonyl (C=O) groups is 2. The summed E-state index contributed by atoms with van der Waals surface area (Å²) < 4.78 is 13.2. The molecule has 7 nitrogen and oxygen atoms in total. The van der Waals surface area contributed by atoms with Crippen LogP contribution in [-0.2, 0) is 16.0 Å². The van der Waals surface area contributed by atoms with Crippen LogP contribution in [0.25, 0.3) is 32.4 Å². The Hall–Kier alpha value is -4.14. The smallest absolute Gasteiger partial charge is 0.337 e. The minimum Gasteiger partial charge on any atom is -0.465 e. The van der Waals surface area contributed by atoms with Gasteiger partial charge in [0.25, 0.3) is 5.91 Å². The van der Waals surface area contributed by atoms with Crippen LogP contribution in [0.1, 0.15) is 27.6 Å². The number of aromatic nitrogens is 2. The number of benzene rings is 3. The molecule has 0 aliphatic rings. The topological polar surface area (TPSA) is 82.8 Å². The minimum absolute atomic E-state index is 0.360. The van der Waals surface area contributed by atoms with Crippen molar-refractivity contribution in [3.8, 4) is 11.3 Å². The maximum atomic E-state index is 13.7. The van der Waals surface area contributed by atoms with Gasteiger partial charge in [0.2, 0.25) is 0 Å². The first kappa shape index (κ1) is 24.5. The first-order valence-electron chi connectivity index (χ1n) is 11.9. The number of fused-ring (bicyclic) bond motifs is 2. The van der Waals surface area contributed by atoms with Crippen molar-refractivity contribution in [2.24, 2.45) is 4.99 Å². The highest BCUT2D eigenvalue weighted by atomic mass is 32.1. The van der Waals surface area contributed by atoms with Crippen LogP contribution in [0.2, 0.25) is 0 Å². The summed E-state index contributed by atoms with van der Waals surface area (Å²) >= 11 is 1.35. The van der Waals surface area contributed by atoms with E-state index in [4.69, 9.17) is 14.5 Å². The highest BCUT2D eigenvalue weighted by Gasteiger charge is 2.16. The average Bonchev–Trinajstić information content (AvgIpc) is 3.28. The van der Waals surface area contributed by atoms with Crippen LogP contribution in [0.4, 0.5) is 0 Å². The van der Waals surface area contributed by atoms with Crippen LogP contribution in [-0.4, -0.2) is 41.8 Å². The second kappa shape index (κ2) is 10.9. The molecular weight excluding hydrogens is 486 g/mol. The van der Waals surface area contributed by atoms with Gasteiger partial charge in [0.05, 0.1) is 46.3 Å². The number of hydrogen-bond donors (Lipinski definition) is 0. The normalized spacial score (nSPS) is 11.8. The zero-order valence-corrected chi connectivity index (χ0v) is 21.3. The van der Waals surface area contributed by atoms with E-state index in [0.29, 0.717) is 41.4 Å². The van der Waals surface area contributed by atoms with Crippen molar-refractivity contribution in [1.29, 1.82) is 0 Å². The fraction of sp³-hybridized carbons (Fsp3) is 0.172. The molecule has 0 fully saturated rings. The quantitative estimate of drug-likeness (QED) is 0.213. The van der Waals surface area contributed by atoms with Crippen molar-refractivity contribution < 1.29 is 19.1 Å². The van der Waals surface area contributed by atoms with Gasteiger partial charge >= 0.3 is 5.97 Å². The fourth-order valence-electron chi connectivity index (χ4n) is 4.18. The molecule has 0 unspecified atom stereocenters. The van der Waals surface area contributed by atoms with Crippen LogP contribution in [0.3, 0.4) is 0 Å². The van der Waals surface area contributed by atoms with E-state index < -0.39 is 5.97 Å². The third kappa shape index (κ3) is 5.07. The zero-order valence-electron chi connectivity index (χ0n) is 20.5. The monoisotopic (exact) mass is 511 g/mol. The molecule has 0 saturated heterocycles. The standard InChI is InChI=1S/C29H25N3O4S/c1-3-36-16-15-32-25-14-13-20(28(34)35-2)17-26(25)37-29(32)31-27(33)22-18-24(19-9-5-4-6-10-19)30-23-12-8-7-11-21(22)23/h4-14,17-18H,3,15-16H2,1-2H3. The lowest BCUT2D eigenvalue weighted by molar-refractivity contribution is 0.0600. The average molecular weight is 512 g/mol. The molecule has 8 heteroatoms. The zero-order chi connectivity index (χ0) is 25.8. The molecule has 0 saturated carbocycles. The van der Waals surface area contributed by atoms with Gasteiger partial charge < -0.3 is 14.0 Å². The van der Waals surface area contributed by atoms with Gasteiger partial charge in [-0.2, -0.15) is 4.99 Å². The fourth-order valence-corrected chi connectivity index (χ4v) is 5.27. The first-order chi connectivity index (χ1) is 18.1. The number of methoxy groups -OCH3 is 1. The molecule has 37 heavy (non-hydrogen) atoms. The van der Waals surface area contributed by atoms with Gasteiger partial charge in [-0.1, -0.05) is 59.9 Å². The third-order valence-electron chi connectivity index (χ3n) is 5.98. The number of hydrogen-bond acceptors (Lipinski definition) is 6. The highest BCUT2D eigenvalue weighted by Crippen LogP contribution is 2.26. The lowest BCUT2D eigenvalue weighted by Crippen LogP contribution is -2.20. The summed E-state index contributed by atoms with van der Waals surface area (Å²) in [7, 11) is 1.35. The van der Waals surface area contributed by atoms with Gasteiger partial charge in [0.15, 0.2) is 4.80 Å². The molecule has 0 aliphatic carbocycles. The van der Waals surface area contributed by atoms with Crippen molar-refractivity contribution in [2.75, 3.05) is 20.3 Å². The van der Waals surface area contributed by atoms with Gasteiger partial charge in [0, 0.05) is 24.1 Å². The van der Waals surface area contributed by atoms with E-state index in [-0.39, 0.29) is 5.91 Å². The molecular formula is C29H25N3O4S. The first-order valence-corrected chi connectivity index (χ1v) is 12.7. The number of ether oxygens (including phenoxy) is 2. The number of amides is 1. The number of rotatable bonds is 7. The van der Waals surface area contributed by atoms with Crippen LogP contribution in [0, 0.1) is 0 Å². The number of thiazole rings is 1. The summed E-state index contributed by atoms with van der Waals surface area (Å²) in [6, 6.07) is 24.5. The Balaban J connectivity index is 1.66. The molecule has 0 spiro atoms. The van der Waals surface area contributed by atoms with Crippen LogP contribution >= 0.6 is 11.3 Å². The van der Waals surface area contributed by atoms with Crippen molar-refractivity contribution in [2.45, 2.75) is 13.5 Å². The minimum atomic E-state index is -0.414.